The molecule has 1 aliphatic rings. The third-order valence-electron chi connectivity index (χ3n) is 3.44. The highest BCUT2D eigenvalue weighted by Gasteiger charge is 2.25. The van der Waals surface area contributed by atoms with E-state index in [1.807, 2.05) is 22.9 Å². The highest BCUT2D eigenvalue weighted by Crippen LogP contribution is 2.20. The van der Waals surface area contributed by atoms with E-state index in [1.54, 1.807) is 0 Å². The van der Waals surface area contributed by atoms with E-state index in [-0.39, 0.29) is 0 Å². The molecule has 0 fully saturated rings. The molecule has 0 bridgehead atoms. The van der Waals surface area contributed by atoms with Crippen LogP contribution in [0, 0.1) is 17.5 Å². The molecule has 1 aliphatic heterocycles. The van der Waals surface area contributed by atoms with Crippen molar-refractivity contribution in [2.45, 2.75) is 13.1 Å². The van der Waals surface area contributed by atoms with E-state index in [4.69, 9.17) is 0 Å². The number of amides is 1. The number of carbonyl (C=O) groups is 1. The lowest BCUT2D eigenvalue weighted by Crippen LogP contribution is -2.38. The Balaban J connectivity index is 1.89. The van der Waals surface area contributed by atoms with Crippen LogP contribution in [0.4, 0.5) is 13.2 Å². The number of nitrogens with zero attached hydrogens (tertiary/aromatic N) is 2. The minimum atomic E-state index is -1.61. The zero-order chi connectivity index (χ0) is 14.3. The number of benzene rings is 1. The first-order valence-electron chi connectivity index (χ1n) is 6.14. The fourth-order valence-corrected chi connectivity index (χ4v) is 2.35. The van der Waals surface area contributed by atoms with Gasteiger partial charge in [0.1, 0.15) is 0 Å². The molecule has 3 rings (SSSR count). The molecule has 1 amide bonds. The third kappa shape index (κ3) is 1.97. The Bertz CT molecular complexity index is 681. The summed E-state index contributed by atoms with van der Waals surface area (Å²) < 4.78 is 41.7. The Morgan fingerprint density at radius 1 is 1.05 bits per heavy atom. The normalized spacial score (nSPS) is 14.2. The number of hydrogen-bond donors (Lipinski definition) is 0. The molecule has 0 spiro atoms. The highest BCUT2D eigenvalue weighted by atomic mass is 19.2. The maximum absolute atomic E-state index is 13.6. The Kier molecular flexibility index (Phi) is 3.00. The zero-order valence-corrected chi connectivity index (χ0v) is 10.4. The molecule has 0 radical (unpaired) electrons. The van der Waals surface area contributed by atoms with Crippen LogP contribution in [0.25, 0.3) is 0 Å². The van der Waals surface area contributed by atoms with Gasteiger partial charge in [-0.2, -0.15) is 0 Å². The molecule has 0 saturated heterocycles. The van der Waals surface area contributed by atoms with Crippen molar-refractivity contribution in [2.24, 2.45) is 0 Å². The fraction of sp³-hybridized carbons (Fsp3) is 0.214. The van der Waals surface area contributed by atoms with Crippen LogP contribution < -0.4 is 0 Å². The lowest BCUT2D eigenvalue weighted by atomic mass is 10.1. The summed E-state index contributed by atoms with van der Waals surface area (Å²) in [6.45, 7) is 1.32. The van der Waals surface area contributed by atoms with Gasteiger partial charge in [0.25, 0.3) is 5.91 Å². The standard InChI is InChI=1S/C14H11F3N2O/c15-11-4-3-10(12(16)13(11)17)14(20)19-7-6-18-5-1-2-9(18)8-19/h1-5H,6-8H2. The predicted molar refractivity (Wildman–Crippen MR) is 65.5 cm³/mol. The van der Waals surface area contributed by atoms with Crippen LogP contribution in [0.2, 0.25) is 0 Å². The minimum absolute atomic E-state index is 0.324. The Morgan fingerprint density at radius 2 is 1.85 bits per heavy atom. The summed E-state index contributed by atoms with van der Waals surface area (Å²) in [7, 11) is 0. The number of fused-ring (bicyclic) bond motifs is 1. The molecular formula is C14H11F3N2O. The van der Waals surface area contributed by atoms with Crippen LogP contribution in [0.5, 0.6) is 0 Å². The monoisotopic (exact) mass is 280 g/mol. The number of rotatable bonds is 1. The topological polar surface area (TPSA) is 25.2 Å². The van der Waals surface area contributed by atoms with Crippen molar-refractivity contribution < 1.29 is 18.0 Å². The second-order valence-electron chi connectivity index (χ2n) is 4.64. The molecule has 104 valence electrons. The van der Waals surface area contributed by atoms with E-state index >= 15 is 0 Å². The largest absolute Gasteiger partial charge is 0.348 e. The van der Waals surface area contributed by atoms with Crippen molar-refractivity contribution >= 4 is 5.91 Å². The van der Waals surface area contributed by atoms with Gasteiger partial charge >= 0.3 is 0 Å². The molecule has 2 heterocycles. The first-order valence-corrected chi connectivity index (χ1v) is 6.14. The summed E-state index contributed by atoms with van der Waals surface area (Å²) in [5.41, 5.74) is 0.483. The average Bonchev–Trinajstić information content (AvgIpc) is 2.91. The second kappa shape index (κ2) is 4.70. The van der Waals surface area contributed by atoms with Crippen LogP contribution in [0.15, 0.2) is 30.5 Å². The second-order valence-corrected chi connectivity index (χ2v) is 4.64. The molecule has 0 unspecified atom stereocenters. The van der Waals surface area contributed by atoms with Gasteiger partial charge in [0.05, 0.1) is 12.1 Å². The average molecular weight is 280 g/mol. The maximum atomic E-state index is 13.6. The van der Waals surface area contributed by atoms with E-state index in [2.05, 4.69) is 0 Å². The molecule has 0 atom stereocenters. The molecule has 0 saturated carbocycles. The summed E-state index contributed by atoms with van der Waals surface area (Å²) in [5, 5.41) is 0. The van der Waals surface area contributed by atoms with E-state index in [9.17, 15) is 18.0 Å². The molecule has 1 aromatic carbocycles. The maximum Gasteiger partial charge on any atom is 0.257 e. The summed E-state index contributed by atoms with van der Waals surface area (Å²) in [5.74, 6) is -4.98. The third-order valence-corrected chi connectivity index (χ3v) is 3.44. The van der Waals surface area contributed by atoms with Crippen molar-refractivity contribution in [3.05, 3.63) is 59.2 Å². The van der Waals surface area contributed by atoms with Gasteiger partial charge in [0, 0.05) is 25.0 Å². The lowest BCUT2D eigenvalue weighted by molar-refractivity contribution is 0.0705. The summed E-state index contributed by atoms with van der Waals surface area (Å²) in [6.07, 6.45) is 1.90. The highest BCUT2D eigenvalue weighted by molar-refractivity contribution is 5.94. The van der Waals surface area contributed by atoms with Gasteiger partial charge in [0.15, 0.2) is 17.5 Å². The van der Waals surface area contributed by atoms with Crippen LogP contribution in [0.3, 0.4) is 0 Å². The van der Waals surface area contributed by atoms with Gasteiger partial charge in [-0.05, 0) is 24.3 Å². The van der Waals surface area contributed by atoms with E-state index in [1.165, 1.54) is 4.90 Å². The molecule has 3 nitrogen and oxygen atoms in total. The van der Waals surface area contributed by atoms with Crippen molar-refractivity contribution in [3.8, 4) is 0 Å². The first kappa shape index (κ1) is 12.8. The number of halogens is 3. The van der Waals surface area contributed by atoms with Crippen molar-refractivity contribution in [1.29, 1.82) is 0 Å². The molecule has 6 heteroatoms. The van der Waals surface area contributed by atoms with Gasteiger partial charge < -0.3 is 9.47 Å². The number of aromatic nitrogens is 1. The van der Waals surface area contributed by atoms with Crippen molar-refractivity contribution in [2.75, 3.05) is 6.54 Å². The summed E-state index contributed by atoms with van der Waals surface area (Å²) in [6, 6.07) is 5.46. The molecule has 2 aromatic rings. The molecule has 0 aliphatic carbocycles. The van der Waals surface area contributed by atoms with Gasteiger partial charge in [-0.1, -0.05) is 0 Å². The molecule has 1 aromatic heterocycles. The van der Waals surface area contributed by atoms with Gasteiger partial charge in [-0.25, -0.2) is 13.2 Å². The van der Waals surface area contributed by atoms with Crippen LogP contribution >= 0.6 is 0 Å². The van der Waals surface area contributed by atoms with E-state index in [0.717, 1.165) is 17.8 Å². The Hall–Kier alpha value is -2.24. The van der Waals surface area contributed by atoms with E-state index < -0.39 is 28.9 Å². The molecule has 0 N–H and O–H groups in total. The van der Waals surface area contributed by atoms with Crippen molar-refractivity contribution in [1.82, 2.24) is 9.47 Å². The SMILES string of the molecule is O=C(c1ccc(F)c(F)c1F)N1CCn2cccc2C1. The van der Waals surface area contributed by atoms with Gasteiger partial charge in [-0.3, -0.25) is 4.79 Å². The Morgan fingerprint density at radius 3 is 2.65 bits per heavy atom. The smallest absolute Gasteiger partial charge is 0.257 e. The molecular weight excluding hydrogens is 269 g/mol. The summed E-state index contributed by atoms with van der Waals surface area (Å²) in [4.78, 5) is 13.6. The number of carbonyl (C=O) groups excluding carboxylic acids is 1. The predicted octanol–water partition coefficient (Wildman–Crippen LogP) is 2.56. The van der Waals surface area contributed by atoms with Crippen LogP contribution in [-0.2, 0) is 13.1 Å². The van der Waals surface area contributed by atoms with Crippen LogP contribution in [0.1, 0.15) is 16.1 Å². The van der Waals surface area contributed by atoms with Crippen molar-refractivity contribution in [3.63, 3.8) is 0 Å². The van der Waals surface area contributed by atoms with Crippen LogP contribution in [-0.4, -0.2) is 21.9 Å². The van der Waals surface area contributed by atoms with Gasteiger partial charge in [0.2, 0.25) is 0 Å². The lowest BCUT2D eigenvalue weighted by Gasteiger charge is -2.28. The van der Waals surface area contributed by atoms with Gasteiger partial charge in [-0.15, -0.1) is 0 Å². The first-order chi connectivity index (χ1) is 9.58. The summed E-state index contributed by atoms with van der Waals surface area (Å²) >= 11 is 0. The Labute approximate surface area is 113 Å². The molecule has 20 heavy (non-hydrogen) atoms. The fourth-order valence-electron chi connectivity index (χ4n) is 2.35. The zero-order valence-electron chi connectivity index (χ0n) is 10.4. The van der Waals surface area contributed by atoms with E-state index in [0.29, 0.717) is 19.6 Å². The quantitative estimate of drug-likeness (QED) is 0.737. The minimum Gasteiger partial charge on any atom is -0.348 e. The number of hydrogen-bond acceptors (Lipinski definition) is 1.